The molecule has 1 amide bonds. The number of fused-ring (bicyclic) bond motifs is 2. The van der Waals surface area contributed by atoms with Gasteiger partial charge in [-0.1, -0.05) is 30.3 Å². The van der Waals surface area contributed by atoms with Crippen LogP contribution < -0.4 is 5.76 Å². The summed E-state index contributed by atoms with van der Waals surface area (Å²) >= 11 is 0. The van der Waals surface area contributed by atoms with Crippen molar-refractivity contribution in [2.24, 2.45) is 0 Å². The Morgan fingerprint density at radius 2 is 2.07 bits per heavy atom. The van der Waals surface area contributed by atoms with Crippen LogP contribution in [0.15, 0.2) is 51.7 Å². The van der Waals surface area contributed by atoms with E-state index >= 15 is 0 Å². The number of aromatic amines is 1. The fourth-order valence-corrected chi connectivity index (χ4v) is 4.75. The molecule has 0 spiro atoms. The Morgan fingerprint density at radius 1 is 1.20 bits per heavy atom. The number of benzene rings is 2. The summed E-state index contributed by atoms with van der Waals surface area (Å²) in [5.74, 6) is -0.423. The van der Waals surface area contributed by atoms with Gasteiger partial charge in [0.15, 0.2) is 5.58 Å². The van der Waals surface area contributed by atoms with Crippen LogP contribution in [0.2, 0.25) is 0 Å². The number of β-amino-alcohol motifs (C(OH)–C–C–N with tert-alkyl or cyclic N) is 1. The zero-order valence-electron chi connectivity index (χ0n) is 16.7. The van der Waals surface area contributed by atoms with Gasteiger partial charge in [0.2, 0.25) is 5.91 Å². The highest BCUT2D eigenvalue weighted by atomic mass is 16.4. The van der Waals surface area contributed by atoms with Crippen LogP contribution in [-0.4, -0.2) is 58.1 Å². The fourth-order valence-electron chi connectivity index (χ4n) is 4.75. The number of nitrogens with one attached hydrogen (secondary N) is 1. The van der Waals surface area contributed by atoms with Gasteiger partial charge >= 0.3 is 5.76 Å². The van der Waals surface area contributed by atoms with E-state index in [1.807, 2.05) is 29.2 Å². The maximum absolute atomic E-state index is 13.3. The Labute approximate surface area is 173 Å². The molecular weight excluding hydrogens is 382 g/mol. The maximum atomic E-state index is 13.3. The van der Waals surface area contributed by atoms with Crippen molar-refractivity contribution >= 4 is 17.0 Å². The quantitative estimate of drug-likeness (QED) is 0.689. The average Bonchev–Trinajstić information content (AvgIpc) is 3.31. The van der Waals surface area contributed by atoms with Crippen molar-refractivity contribution in [3.63, 3.8) is 0 Å². The van der Waals surface area contributed by atoms with Crippen LogP contribution in [0.25, 0.3) is 11.1 Å². The van der Waals surface area contributed by atoms with Crippen LogP contribution in [0.4, 0.5) is 0 Å². The lowest BCUT2D eigenvalue weighted by Crippen LogP contribution is -2.45. The number of likely N-dealkylation sites (tertiary alicyclic amines) is 1. The zero-order chi connectivity index (χ0) is 20.7. The first-order valence-corrected chi connectivity index (χ1v) is 10.5. The minimum absolute atomic E-state index is 0.0230. The van der Waals surface area contributed by atoms with E-state index in [-0.39, 0.29) is 24.5 Å². The first-order chi connectivity index (χ1) is 14.6. The molecule has 156 valence electrons. The second-order valence-corrected chi connectivity index (χ2v) is 8.28. The van der Waals surface area contributed by atoms with Gasteiger partial charge in [0.25, 0.3) is 0 Å². The Balaban J connectivity index is 1.40. The molecule has 0 saturated carbocycles. The highest BCUT2D eigenvalue weighted by molar-refractivity contribution is 5.81. The lowest BCUT2D eigenvalue weighted by atomic mass is 9.91. The first-order valence-electron chi connectivity index (χ1n) is 10.5. The van der Waals surface area contributed by atoms with Gasteiger partial charge in [-0.25, -0.2) is 4.79 Å². The van der Waals surface area contributed by atoms with Gasteiger partial charge < -0.3 is 14.4 Å². The second kappa shape index (κ2) is 7.74. The second-order valence-electron chi connectivity index (χ2n) is 8.28. The lowest BCUT2D eigenvalue weighted by molar-refractivity contribution is -0.133. The van der Waals surface area contributed by atoms with Crippen molar-refractivity contribution in [1.82, 2.24) is 14.8 Å². The molecule has 2 aliphatic rings. The van der Waals surface area contributed by atoms with Gasteiger partial charge in [0.1, 0.15) is 0 Å². The maximum Gasteiger partial charge on any atom is 0.417 e. The minimum atomic E-state index is -0.492. The minimum Gasteiger partial charge on any atom is -0.408 e. The number of nitrogens with zero attached hydrogens (tertiary/aromatic N) is 2. The van der Waals surface area contributed by atoms with E-state index < -0.39 is 5.76 Å². The number of carbonyl (C=O) groups is 1. The molecule has 2 atom stereocenters. The summed E-state index contributed by atoms with van der Waals surface area (Å²) in [5.41, 5.74) is 4.45. The summed E-state index contributed by atoms with van der Waals surface area (Å²) in [6.07, 6.45) is 1.61. The van der Waals surface area contributed by atoms with Crippen LogP contribution in [0.1, 0.15) is 29.2 Å². The number of oxazole rings is 1. The molecule has 1 aromatic heterocycles. The van der Waals surface area contributed by atoms with Crippen molar-refractivity contribution in [3.05, 3.63) is 69.7 Å². The number of rotatable bonds is 4. The lowest BCUT2D eigenvalue weighted by Gasteiger charge is -2.39. The molecule has 0 aliphatic carbocycles. The van der Waals surface area contributed by atoms with E-state index in [1.165, 1.54) is 11.1 Å². The van der Waals surface area contributed by atoms with E-state index in [1.54, 1.807) is 6.07 Å². The molecule has 3 heterocycles. The number of aliphatic hydroxyl groups is 1. The summed E-state index contributed by atoms with van der Waals surface area (Å²) < 4.78 is 5.05. The van der Waals surface area contributed by atoms with Gasteiger partial charge in [-0.05, 0) is 41.7 Å². The van der Waals surface area contributed by atoms with Crippen LogP contribution >= 0.6 is 0 Å². The third kappa shape index (κ3) is 3.66. The van der Waals surface area contributed by atoms with Crippen molar-refractivity contribution < 1.29 is 14.3 Å². The first kappa shape index (κ1) is 19.1. The van der Waals surface area contributed by atoms with Gasteiger partial charge in [0.05, 0.1) is 24.1 Å². The van der Waals surface area contributed by atoms with E-state index in [4.69, 9.17) is 4.42 Å². The third-order valence-electron chi connectivity index (χ3n) is 6.25. The Kier molecular flexibility index (Phi) is 4.92. The molecule has 7 heteroatoms. The van der Waals surface area contributed by atoms with Gasteiger partial charge in [-0.15, -0.1) is 0 Å². The number of carbonyl (C=O) groups excluding carboxylic acids is 1. The Morgan fingerprint density at radius 3 is 2.90 bits per heavy atom. The van der Waals surface area contributed by atoms with Crippen LogP contribution in [0.3, 0.4) is 0 Å². The number of hydrogen-bond donors (Lipinski definition) is 2. The predicted octanol–water partition coefficient (Wildman–Crippen LogP) is 1.86. The molecule has 1 unspecified atom stereocenters. The summed E-state index contributed by atoms with van der Waals surface area (Å²) in [5, 5.41) is 9.93. The fraction of sp³-hybridized carbons (Fsp3) is 0.391. The molecule has 5 rings (SSSR count). The van der Waals surface area contributed by atoms with E-state index in [0.29, 0.717) is 24.2 Å². The van der Waals surface area contributed by atoms with Crippen molar-refractivity contribution in [2.45, 2.75) is 31.4 Å². The normalized spacial score (nSPS) is 21.8. The molecule has 3 aromatic rings. The average molecular weight is 407 g/mol. The van der Waals surface area contributed by atoms with Gasteiger partial charge in [-0.2, -0.15) is 0 Å². The van der Waals surface area contributed by atoms with Gasteiger partial charge in [-0.3, -0.25) is 14.7 Å². The van der Waals surface area contributed by atoms with Crippen molar-refractivity contribution in [2.75, 3.05) is 26.2 Å². The number of aliphatic hydroxyl groups excluding tert-OH is 1. The van der Waals surface area contributed by atoms with E-state index in [9.17, 15) is 14.7 Å². The Bertz CT molecular complexity index is 1130. The largest absolute Gasteiger partial charge is 0.417 e. The van der Waals surface area contributed by atoms with E-state index in [0.717, 1.165) is 31.5 Å². The van der Waals surface area contributed by atoms with Crippen LogP contribution in [-0.2, 0) is 17.6 Å². The molecule has 7 nitrogen and oxygen atoms in total. The van der Waals surface area contributed by atoms with Crippen molar-refractivity contribution in [3.8, 4) is 0 Å². The topological polar surface area (TPSA) is 89.8 Å². The monoisotopic (exact) mass is 407 g/mol. The number of amides is 1. The SMILES string of the molecule is O=C(Cc1ccc2oc(=O)[nH]c2c1)N1CCc2ccccc2C1CN1CC[C@H](O)C1. The molecule has 2 aliphatic heterocycles. The highest BCUT2D eigenvalue weighted by Crippen LogP contribution is 2.32. The van der Waals surface area contributed by atoms with E-state index in [2.05, 4.69) is 22.0 Å². The predicted molar refractivity (Wildman–Crippen MR) is 112 cm³/mol. The number of H-pyrrole nitrogens is 1. The number of aromatic nitrogens is 1. The molecule has 1 fully saturated rings. The standard InChI is InChI=1S/C23H25N3O4/c27-17-8-9-25(13-17)14-20-18-4-2-1-3-16(18)7-10-26(20)22(28)12-15-5-6-21-19(11-15)24-23(29)30-21/h1-6,11,17,20,27H,7-10,12-14H2,(H,24,29)/t17-,20?/m0/s1. The third-order valence-corrected chi connectivity index (χ3v) is 6.25. The van der Waals surface area contributed by atoms with Crippen molar-refractivity contribution in [1.29, 1.82) is 0 Å². The summed E-state index contributed by atoms with van der Waals surface area (Å²) in [4.78, 5) is 31.6. The molecule has 1 saturated heterocycles. The number of hydrogen-bond acceptors (Lipinski definition) is 5. The molecule has 2 N–H and O–H groups in total. The highest BCUT2D eigenvalue weighted by Gasteiger charge is 2.33. The molecule has 0 radical (unpaired) electrons. The summed E-state index contributed by atoms with van der Waals surface area (Å²) in [6.45, 7) is 2.92. The van der Waals surface area contributed by atoms with Crippen LogP contribution in [0, 0.1) is 0 Å². The van der Waals surface area contributed by atoms with Gasteiger partial charge in [0, 0.05) is 26.2 Å². The molecule has 2 aromatic carbocycles. The summed E-state index contributed by atoms with van der Waals surface area (Å²) in [7, 11) is 0. The Hall–Kier alpha value is -2.90. The zero-order valence-corrected chi connectivity index (χ0v) is 16.7. The molecular formula is C23H25N3O4. The van der Waals surface area contributed by atoms with Crippen LogP contribution in [0.5, 0.6) is 0 Å². The molecule has 0 bridgehead atoms. The molecule has 30 heavy (non-hydrogen) atoms. The summed E-state index contributed by atoms with van der Waals surface area (Å²) in [6, 6.07) is 13.7. The smallest absolute Gasteiger partial charge is 0.408 e.